The largest absolute Gasteiger partial charge is 0.294 e. The van der Waals surface area contributed by atoms with Crippen molar-refractivity contribution in [2.45, 2.75) is 18.7 Å². The number of azo groups is 1. The lowest BCUT2D eigenvalue weighted by atomic mass is 10.1. The van der Waals surface area contributed by atoms with E-state index < -0.39 is 10.1 Å². The second kappa shape index (κ2) is 5.80. The molecule has 0 fully saturated rings. The highest BCUT2D eigenvalue weighted by Gasteiger charge is 2.12. The van der Waals surface area contributed by atoms with Crippen LogP contribution in [0.3, 0.4) is 0 Å². The van der Waals surface area contributed by atoms with Gasteiger partial charge in [-0.05, 0) is 43.7 Å². The Kier molecular flexibility index (Phi) is 3.97. The molecule has 6 nitrogen and oxygen atoms in total. The van der Waals surface area contributed by atoms with E-state index in [1.165, 1.54) is 29.5 Å². The van der Waals surface area contributed by atoms with E-state index in [1.54, 1.807) is 0 Å². The number of aromatic nitrogens is 1. The van der Waals surface area contributed by atoms with Gasteiger partial charge in [-0.3, -0.25) is 4.55 Å². The standard InChI is InChI=1S/C15H13N3O3S2/c1-9-3-5-12(10(2)7-9)17-18-15-16-13-6-4-11(23(19,20)21)8-14(13)22-15/h3-8H,1-2H3,(H,19,20,21). The lowest BCUT2D eigenvalue weighted by Gasteiger charge is -1.98. The zero-order valence-corrected chi connectivity index (χ0v) is 14.0. The fourth-order valence-electron chi connectivity index (χ4n) is 2.11. The fraction of sp³-hybridized carbons (Fsp3) is 0.133. The Labute approximate surface area is 137 Å². The monoisotopic (exact) mass is 347 g/mol. The fourth-order valence-corrected chi connectivity index (χ4v) is 3.52. The van der Waals surface area contributed by atoms with Gasteiger partial charge in [0.15, 0.2) is 0 Å². The van der Waals surface area contributed by atoms with Crippen molar-refractivity contribution in [1.29, 1.82) is 0 Å². The molecule has 0 saturated heterocycles. The summed E-state index contributed by atoms with van der Waals surface area (Å²) >= 11 is 1.21. The maximum atomic E-state index is 11.2. The summed E-state index contributed by atoms with van der Waals surface area (Å²) in [4.78, 5) is 4.12. The van der Waals surface area contributed by atoms with Gasteiger partial charge in [0.2, 0.25) is 5.13 Å². The van der Waals surface area contributed by atoms with Gasteiger partial charge in [0.1, 0.15) is 0 Å². The third kappa shape index (κ3) is 3.44. The summed E-state index contributed by atoms with van der Waals surface area (Å²) in [5, 5.41) is 8.73. The van der Waals surface area contributed by atoms with Gasteiger partial charge in [0.05, 0.1) is 20.8 Å². The van der Waals surface area contributed by atoms with Crippen molar-refractivity contribution in [3.63, 3.8) is 0 Å². The average molecular weight is 347 g/mol. The molecule has 2 aromatic carbocycles. The first-order chi connectivity index (χ1) is 10.8. The number of rotatable bonds is 3. The molecule has 0 aliphatic carbocycles. The molecule has 0 aliphatic heterocycles. The van der Waals surface area contributed by atoms with Crippen molar-refractivity contribution < 1.29 is 13.0 Å². The molecule has 0 unspecified atom stereocenters. The van der Waals surface area contributed by atoms with Crippen LogP contribution in [0.1, 0.15) is 11.1 Å². The molecule has 3 rings (SSSR count). The van der Waals surface area contributed by atoms with Crippen LogP contribution < -0.4 is 0 Å². The van der Waals surface area contributed by atoms with Crippen LogP contribution >= 0.6 is 11.3 Å². The van der Waals surface area contributed by atoms with Crippen LogP contribution in [0.25, 0.3) is 10.2 Å². The summed E-state index contributed by atoms with van der Waals surface area (Å²) in [5.74, 6) is 0. The van der Waals surface area contributed by atoms with Gasteiger partial charge >= 0.3 is 0 Å². The second-order valence-corrected chi connectivity index (χ2v) is 7.52. The third-order valence-electron chi connectivity index (χ3n) is 3.24. The van der Waals surface area contributed by atoms with Crippen LogP contribution in [-0.4, -0.2) is 18.0 Å². The molecule has 0 spiro atoms. The maximum Gasteiger partial charge on any atom is 0.294 e. The highest BCUT2D eigenvalue weighted by atomic mass is 32.2. The Morgan fingerprint density at radius 3 is 2.57 bits per heavy atom. The molecule has 118 valence electrons. The zero-order valence-electron chi connectivity index (χ0n) is 12.4. The van der Waals surface area contributed by atoms with Gasteiger partial charge < -0.3 is 0 Å². The summed E-state index contributed by atoms with van der Waals surface area (Å²) in [6, 6.07) is 10.1. The Morgan fingerprint density at radius 1 is 1.09 bits per heavy atom. The highest BCUT2D eigenvalue weighted by molar-refractivity contribution is 7.85. The quantitative estimate of drug-likeness (QED) is 0.554. The zero-order chi connectivity index (χ0) is 16.6. The number of fused-ring (bicyclic) bond motifs is 1. The van der Waals surface area contributed by atoms with Crippen molar-refractivity contribution in [3.8, 4) is 0 Å². The number of hydrogen-bond donors (Lipinski definition) is 1. The molecule has 0 amide bonds. The van der Waals surface area contributed by atoms with Gasteiger partial charge in [-0.15, -0.1) is 10.2 Å². The molecule has 1 N–H and O–H groups in total. The topological polar surface area (TPSA) is 92.0 Å². The van der Waals surface area contributed by atoms with Crippen molar-refractivity contribution in [1.82, 2.24) is 4.98 Å². The minimum atomic E-state index is -4.23. The van der Waals surface area contributed by atoms with E-state index in [2.05, 4.69) is 15.2 Å². The second-order valence-electron chi connectivity index (χ2n) is 5.09. The number of benzene rings is 2. The van der Waals surface area contributed by atoms with E-state index in [9.17, 15) is 8.42 Å². The molecule has 23 heavy (non-hydrogen) atoms. The van der Waals surface area contributed by atoms with Crippen molar-refractivity contribution >= 4 is 42.5 Å². The van der Waals surface area contributed by atoms with E-state index in [1.807, 2.05) is 32.0 Å². The van der Waals surface area contributed by atoms with Crippen LogP contribution in [0, 0.1) is 13.8 Å². The summed E-state index contributed by atoms with van der Waals surface area (Å²) in [5.41, 5.74) is 3.54. The normalized spacial score (nSPS) is 12.3. The summed E-state index contributed by atoms with van der Waals surface area (Å²) in [6.07, 6.45) is 0. The van der Waals surface area contributed by atoms with Crippen LogP contribution in [0.4, 0.5) is 10.8 Å². The molecular weight excluding hydrogens is 334 g/mol. The minimum absolute atomic E-state index is 0.161. The molecule has 0 saturated carbocycles. The van der Waals surface area contributed by atoms with Gasteiger partial charge in [-0.2, -0.15) is 8.42 Å². The highest BCUT2D eigenvalue weighted by Crippen LogP contribution is 2.31. The summed E-state index contributed by atoms with van der Waals surface area (Å²) < 4.78 is 32.0. The molecule has 3 aromatic rings. The lowest BCUT2D eigenvalue weighted by Crippen LogP contribution is -1.96. The predicted molar refractivity (Wildman–Crippen MR) is 89.5 cm³/mol. The Balaban J connectivity index is 1.96. The molecule has 0 aliphatic rings. The van der Waals surface area contributed by atoms with Crippen molar-refractivity contribution in [3.05, 3.63) is 47.5 Å². The Hall–Kier alpha value is -2.16. The van der Waals surface area contributed by atoms with Crippen LogP contribution in [-0.2, 0) is 10.1 Å². The van der Waals surface area contributed by atoms with Gasteiger partial charge in [0, 0.05) is 0 Å². The van der Waals surface area contributed by atoms with Crippen LogP contribution in [0.15, 0.2) is 51.5 Å². The van der Waals surface area contributed by atoms with E-state index >= 15 is 0 Å². The van der Waals surface area contributed by atoms with Gasteiger partial charge in [-0.25, -0.2) is 4.98 Å². The number of nitrogens with zero attached hydrogens (tertiary/aromatic N) is 3. The van der Waals surface area contributed by atoms with E-state index in [-0.39, 0.29) is 4.90 Å². The summed E-state index contributed by atoms with van der Waals surface area (Å²) in [6.45, 7) is 3.96. The molecule has 8 heteroatoms. The Bertz CT molecular complexity index is 1020. The molecule has 0 bridgehead atoms. The van der Waals surface area contributed by atoms with E-state index in [0.29, 0.717) is 15.3 Å². The smallest absolute Gasteiger partial charge is 0.282 e. The van der Waals surface area contributed by atoms with Crippen molar-refractivity contribution in [2.75, 3.05) is 0 Å². The maximum absolute atomic E-state index is 11.2. The molecule has 1 heterocycles. The SMILES string of the molecule is Cc1ccc(N=Nc2nc3ccc(S(=O)(=O)O)cc3s2)c(C)c1. The molecule has 1 aromatic heterocycles. The van der Waals surface area contributed by atoms with Crippen LogP contribution in [0.2, 0.25) is 0 Å². The first-order valence-electron chi connectivity index (χ1n) is 6.70. The molecule has 0 atom stereocenters. The van der Waals surface area contributed by atoms with E-state index in [0.717, 1.165) is 16.8 Å². The molecular formula is C15H13N3O3S2. The predicted octanol–water partition coefficient (Wildman–Crippen LogP) is 4.58. The number of aryl methyl sites for hydroxylation is 2. The molecule has 0 radical (unpaired) electrons. The summed E-state index contributed by atoms with van der Waals surface area (Å²) in [7, 11) is -4.23. The number of thiazole rings is 1. The van der Waals surface area contributed by atoms with E-state index in [4.69, 9.17) is 4.55 Å². The minimum Gasteiger partial charge on any atom is -0.282 e. The van der Waals surface area contributed by atoms with Gasteiger partial charge in [-0.1, -0.05) is 29.0 Å². The van der Waals surface area contributed by atoms with Gasteiger partial charge in [0.25, 0.3) is 10.1 Å². The Morgan fingerprint density at radius 2 is 1.87 bits per heavy atom. The van der Waals surface area contributed by atoms with Crippen LogP contribution in [0.5, 0.6) is 0 Å². The first-order valence-corrected chi connectivity index (χ1v) is 8.96. The van der Waals surface area contributed by atoms with Crippen molar-refractivity contribution in [2.24, 2.45) is 10.2 Å². The average Bonchev–Trinajstić information content (AvgIpc) is 2.87. The lowest BCUT2D eigenvalue weighted by molar-refractivity contribution is 0.483. The third-order valence-corrected chi connectivity index (χ3v) is 4.99. The number of hydrogen-bond acceptors (Lipinski definition) is 6. The first kappa shape index (κ1) is 15.7.